The molecule has 0 bridgehead atoms. The lowest BCUT2D eigenvalue weighted by Gasteiger charge is -2.19. The topological polar surface area (TPSA) is 78.0 Å². The summed E-state index contributed by atoms with van der Waals surface area (Å²) in [6.07, 6.45) is 0. The van der Waals surface area contributed by atoms with Crippen molar-refractivity contribution >= 4 is 16.8 Å². The van der Waals surface area contributed by atoms with Crippen molar-refractivity contribution in [1.29, 1.82) is 0 Å². The van der Waals surface area contributed by atoms with E-state index >= 15 is 0 Å². The number of H-pyrrole nitrogens is 1. The molecule has 0 spiro atoms. The number of para-hydroxylation sites is 2. The number of aromatic nitrogens is 2. The lowest BCUT2D eigenvalue weighted by atomic mass is 10.0. The van der Waals surface area contributed by atoms with Crippen LogP contribution in [0.1, 0.15) is 33.5 Å². The number of phenols is 1. The van der Waals surface area contributed by atoms with E-state index in [1.165, 1.54) is 12.1 Å². The van der Waals surface area contributed by atoms with Crippen LogP contribution in [0.5, 0.6) is 5.75 Å². The van der Waals surface area contributed by atoms with Gasteiger partial charge >= 0.3 is 0 Å². The fourth-order valence-electron chi connectivity index (χ4n) is 3.21. The maximum atomic E-state index is 14.0. The first-order chi connectivity index (χ1) is 13.5. The SMILES string of the molecule is Cc1cccc(C(=O)NC(c2cc3ccccc3[nH]2)c2cccc(F)c2O)n1. The fourth-order valence-corrected chi connectivity index (χ4v) is 3.21. The number of halogens is 1. The number of amides is 1. The summed E-state index contributed by atoms with van der Waals surface area (Å²) in [7, 11) is 0. The number of benzene rings is 2. The second-order valence-electron chi connectivity index (χ2n) is 6.56. The van der Waals surface area contributed by atoms with Gasteiger partial charge in [-0.25, -0.2) is 9.37 Å². The fraction of sp³-hybridized carbons (Fsp3) is 0.0909. The van der Waals surface area contributed by atoms with Crippen molar-refractivity contribution in [2.75, 3.05) is 0 Å². The Balaban J connectivity index is 1.79. The Morgan fingerprint density at radius 2 is 1.89 bits per heavy atom. The Kier molecular flexibility index (Phi) is 4.53. The first-order valence-corrected chi connectivity index (χ1v) is 8.82. The average Bonchev–Trinajstić information content (AvgIpc) is 3.12. The normalized spacial score (nSPS) is 12.1. The zero-order valence-corrected chi connectivity index (χ0v) is 15.1. The molecule has 6 heteroatoms. The Morgan fingerprint density at radius 3 is 2.68 bits per heavy atom. The second-order valence-corrected chi connectivity index (χ2v) is 6.56. The number of carbonyl (C=O) groups excluding carboxylic acids is 1. The summed E-state index contributed by atoms with van der Waals surface area (Å²) in [6, 6.07) is 18.1. The number of hydrogen-bond acceptors (Lipinski definition) is 3. The summed E-state index contributed by atoms with van der Waals surface area (Å²) in [5, 5.41) is 14.1. The van der Waals surface area contributed by atoms with Crippen LogP contribution < -0.4 is 5.32 Å². The molecule has 0 aliphatic heterocycles. The van der Waals surface area contributed by atoms with Crippen LogP contribution in [0.25, 0.3) is 10.9 Å². The minimum absolute atomic E-state index is 0.247. The highest BCUT2D eigenvalue weighted by atomic mass is 19.1. The molecule has 0 saturated carbocycles. The number of phenolic OH excluding ortho intramolecular Hbond substituents is 1. The summed E-state index contributed by atoms with van der Waals surface area (Å²) in [5.74, 6) is -1.67. The molecule has 140 valence electrons. The van der Waals surface area contributed by atoms with Gasteiger partial charge in [-0.3, -0.25) is 4.79 Å². The highest BCUT2D eigenvalue weighted by Gasteiger charge is 2.24. The van der Waals surface area contributed by atoms with Crippen LogP contribution in [0.15, 0.2) is 66.7 Å². The van der Waals surface area contributed by atoms with Crippen molar-refractivity contribution < 1.29 is 14.3 Å². The molecule has 28 heavy (non-hydrogen) atoms. The van der Waals surface area contributed by atoms with E-state index in [0.717, 1.165) is 10.9 Å². The van der Waals surface area contributed by atoms with E-state index in [1.807, 2.05) is 30.3 Å². The lowest BCUT2D eigenvalue weighted by molar-refractivity contribution is 0.0936. The first kappa shape index (κ1) is 17.7. The molecule has 0 fully saturated rings. The van der Waals surface area contributed by atoms with Crippen molar-refractivity contribution in [3.63, 3.8) is 0 Å². The highest BCUT2D eigenvalue weighted by molar-refractivity contribution is 5.93. The zero-order chi connectivity index (χ0) is 19.7. The van der Waals surface area contributed by atoms with Crippen LogP contribution in [0.4, 0.5) is 4.39 Å². The van der Waals surface area contributed by atoms with Crippen molar-refractivity contribution in [2.45, 2.75) is 13.0 Å². The van der Waals surface area contributed by atoms with Crippen molar-refractivity contribution in [2.24, 2.45) is 0 Å². The number of hydrogen-bond donors (Lipinski definition) is 3. The van der Waals surface area contributed by atoms with E-state index < -0.39 is 23.5 Å². The second kappa shape index (κ2) is 7.15. The molecular formula is C22H18FN3O2. The molecule has 2 heterocycles. The third kappa shape index (κ3) is 3.32. The first-order valence-electron chi connectivity index (χ1n) is 8.82. The molecule has 4 aromatic rings. The highest BCUT2D eigenvalue weighted by Crippen LogP contribution is 2.32. The smallest absolute Gasteiger partial charge is 0.270 e. The van der Waals surface area contributed by atoms with E-state index in [0.29, 0.717) is 11.4 Å². The molecule has 1 amide bonds. The summed E-state index contributed by atoms with van der Waals surface area (Å²) in [5.41, 5.74) is 2.72. The third-order valence-corrected chi connectivity index (χ3v) is 4.59. The zero-order valence-electron chi connectivity index (χ0n) is 15.1. The van der Waals surface area contributed by atoms with Crippen LogP contribution in [-0.4, -0.2) is 21.0 Å². The van der Waals surface area contributed by atoms with Gasteiger partial charge in [-0.15, -0.1) is 0 Å². The number of fused-ring (bicyclic) bond motifs is 1. The molecule has 0 radical (unpaired) electrons. The van der Waals surface area contributed by atoms with Gasteiger partial charge in [0, 0.05) is 22.5 Å². The van der Waals surface area contributed by atoms with Crippen LogP contribution in [0.2, 0.25) is 0 Å². The predicted molar refractivity (Wildman–Crippen MR) is 105 cm³/mol. The van der Waals surface area contributed by atoms with Gasteiger partial charge in [0.1, 0.15) is 5.69 Å². The van der Waals surface area contributed by atoms with Gasteiger partial charge in [-0.05, 0) is 42.6 Å². The van der Waals surface area contributed by atoms with Gasteiger partial charge in [0.15, 0.2) is 11.6 Å². The molecule has 4 rings (SSSR count). The third-order valence-electron chi connectivity index (χ3n) is 4.59. The summed E-state index contributed by atoms with van der Waals surface area (Å²) in [6.45, 7) is 1.80. The van der Waals surface area contributed by atoms with Gasteiger partial charge in [0.05, 0.1) is 6.04 Å². The van der Waals surface area contributed by atoms with Gasteiger partial charge in [0.25, 0.3) is 5.91 Å². The molecule has 2 aromatic carbocycles. The molecular weight excluding hydrogens is 357 g/mol. The lowest BCUT2D eigenvalue weighted by Crippen LogP contribution is -2.30. The van der Waals surface area contributed by atoms with Crippen LogP contribution >= 0.6 is 0 Å². The van der Waals surface area contributed by atoms with E-state index in [-0.39, 0.29) is 11.3 Å². The number of aromatic hydroxyl groups is 1. The number of rotatable bonds is 4. The van der Waals surface area contributed by atoms with Gasteiger partial charge in [-0.1, -0.05) is 36.4 Å². The molecule has 1 atom stereocenters. The maximum absolute atomic E-state index is 14.0. The number of aromatic amines is 1. The molecule has 5 nitrogen and oxygen atoms in total. The summed E-state index contributed by atoms with van der Waals surface area (Å²) < 4.78 is 14.0. The Hall–Kier alpha value is -3.67. The standard InChI is InChI=1S/C22H18FN3O2/c1-13-6-4-11-18(24-13)22(28)26-20(15-8-5-9-16(23)21(15)27)19-12-14-7-2-3-10-17(14)25-19/h2-12,20,25,27H,1H3,(H,26,28). The van der Waals surface area contributed by atoms with E-state index in [1.54, 1.807) is 31.2 Å². The van der Waals surface area contributed by atoms with Crippen LogP contribution in [-0.2, 0) is 0 Å². The molecule has 0 aliphatic rings. The van der Waals surface area contributed by atoms with E-state index in [4.69, 9.17) is 0 Å². The summed E-state index contributed by atoms with van der Waals surface area (Å²) in [4.78, 5) is 20.3. The molecule has 3 N–H and O–H groups in total. The monoisotopic (exact) mass is 375 g/mol. The predicted octanol–water partition coefficient (Wildman–Crippen LogP) is 4.24. The maximum Gasteiger partial charge on any atom is 0.270 e. The van der Waals surface area contributed by atoms with Gasteiger partial charge in [-0.2, -0.15) is 0 Å². The Morgan fingerprint density at radius 1 is 1.11 bits per heavy atom. The molecule has 1 unspecified atom stereocenters. The molecule has 2 aromatic heterocycles. The van der Waals surface area contributed by atoms with E-state index in [2.05, 4.69) is 15.3 Å². The van der Waals surface area contributed by atoms with Crippen molar-refractivity contribution in [3.8, 4) is 5.75 Å². The van der Waals surface area contributed by atoms with Crippen LogP contribution in [0.3, 0.4) is 0 Å². The Bertz CT molecular complexity index is 1140. The quantitative estimate of drug-likeness (QED) is 0.499. The number of aryl methyl sites for hydroxylation is 1. The Labute approximate surface area is 160 Å². The van der Waals surface area contributed by atoms with E-state index in [9.17, 15) is 14.3 Å². The van der Waals surface area contributed by atoms with Gasteiger partial charge in [0.2, 0.25) is 0 Å². The minimum atomic E-state index is -0.780. The van der Waals surface area contributed by atoms with Gasteiger partial charge < -0.3 is 15.4 Å². The summed E-state index contributed by atoms with van der Waals surface area (Å²) >= 11 is 0. The largest absolute Gasteiger partial charge is 0.505 e. The van der Waals surface area contributed by atoms with Crippen molar-refractivity contribution in [3.05, 3.63) is 95.2 Å². The number of nitrogens with one attached hydrogen (secondary N) is 2. The number of nitrogens with zero attached hydrogens (tertiary/aromatic N) is 1. The number of carbonyl (C=O) groups is 1. The average molecular weight is 375 g/mol. The van der Waals surface area contributed by atoms with Crippen LogP contribution in [0, 0.1) is 12.7 Å². The van der Waals surface area contributed by atoms with Crippen molar-refractivity contribution in [1.82, 2.24) is 15.3 Å². The molecule has 0 saturated heterocycles. The number of pyridine rings is 1. The molecule has 0 aliphatic carbocycles. The minimum Gasteiger partial charge on any atom is -0.505 e.